The number of pyridine rings is 1. The van der Waals surface area contributed by atoms with E-state index in [0.717, 1.165) is 58.2 Å². The Balaban J connectivity index is 2.13. The van der Waals surface area contributed by atoms with E-state index in [1.165, 1.54) is 0 Å². The van der Waals surface area contributed by atoms with Crippen LogP contribution in [0.3, 0.4) is 0 Å². The number of nitrogens with one attached hydrogen (secondary N) is 1. The lowest BCUT2D eigenvalue weighted by Crippen LogP contribution is -2.32. The maximum Gasteiger partial charge on any atom is 0.326 e. The average Bonchev–Trinajstić information content (AvgIpc) is 2.83. The van der Waals surface area contributed by atoms with Crippen molar-refractivity contribution in [3.05, 3.63) is 38.9 Å². The van der Waals surface area contributed by atoms with Crippen LogP contribution in [-0.4, -0.2) is 27.7 Å². The first kappa shape index (κ1) is 14.9. The van der Waals surface area contributed by atoms with Crippen LogP contribution in [0.15, 0.2) is 27.5 Å². The molecule has 5 nitrogen and oxygen atoms in total. The largest absolute Gasteiger partial charge is 0.381 e. The zero-order chi connectivity index (χ0) is 16.2. The molecule has 0 bridgehead atoms. The molecule has 0 saturated carbocycles. The van der Waals surface area contributed by atoms with E-state index in [-0.39, 0.29) is 11.1 Å². The number of ether oxygens (including phenoxy) is 1. The highest BCUT2D eigenvalue weighted by atomic mass is 79.9. The Labute approximate surface area is 141 Å². The van der Waals surface area contributed by atoms with Crippen LogP contribution in [-0.2, 0) is 17.2 Å². The Hall–Kier alpha value is -1.66. The number of fused-ring (bicyclic) bond motifs is 3. The van der Waals surface area contributed by atoms with Crippen LogP contribution in [0.5, 0.6) is 0 Å². The SMILES string of the molecule is Cn1c(=O)[nH]c2c3cc(Br)ccc3nc(C3(C)CCOCC3)c21. The van der Waals surface area contributed by atoms with E-state index in [2.05, 4.69) is 27.8 Å². The Morgan fingerprint density at radius 3 is 2.83 bits per heavy atom. The number of H-pyrrole nitrogens is 1. The van der Waals surface area contributed by atoms with E-state index in [1.54, 1.807) is 11.6 Å². The fourth-order valence-corrected chi connectivity index (χ4v) is 3.81. The van der Waals surface area contributed by atoms with Gasteiger partial charge in [-0.15, -0.1) is 0 Å². The van der Waals surface area contributed by atoms with Gasteiger partial charge in [0, 0.05) is 35.5 Å². The molecule has 1 saturated heterocycles. The van der Waals surface area contributed by atoms with E-state index in [9.17, 15) is 4.79 Å². The summed E-state index contributed by atoms with van der Waals surface area (Å²) >= 11 is 3.51. The molecule has 0 spiro atoms. The molecule has 3 aromatic rings. The van der Waals surface area contributed by atoms with Crippen LogP contribution in [0.4, 0.5) is 0 Å². The molecule has 1 N–H and O–H groups in total. The fourth-order valence-electron chi connectivity index (χ4n) is 3.45. The number of halogens is 1. The summed E-state index contributed by atoms with van der Waals surface area (Å²) < 4.78 is 8.18. The van der Waals surface area contributed by atoms with Crippen molar-refractivity contribution in [3.8, 4) is 0 Å². The minimum absolute atomic E-state index is 0.0792. The number of aromatic nitrogens is 3. The smallest absolute Gasteiger partial charge is 0.326 e. The van der Waals surface area contributed by atoms with Gasteiger partial charge in [0.05, 0.1) is 22.2 Å². The molecule has 3 heterocycles. The molecule has 0 aliphatic carbocycles. The van der Waals surface area contributed by atoms with Crippen molar-refractivity contribution in [3.63, 3.8) is 0 Å². The molecule has 2 aromatic heterocycles. The summed E-state index contributed by atoms with van der Waals surface area (Å²) in [4.78, 5) is 20.2. The summed E-state index contributed by atoms with van der Waals surface area (Å²) in [6.07, 6.45) is 1.83. The third-order valence-corrected chi connectivity index (χ3v) is 5.45. The van der Waals surface area contributed by atoms with Crippen LogP contribution in [0.1, 0.15) is 25.5 Å². The van der Waals surface area contributed by atoms with E-state index >= 15 is 0 Å². The first-order valence-electron chi connectivity index (χ1n) is 7.76. The summed E-state index contributed by atoms with van der Waals surface area (Å²) in [6, 6.07) is 5.99. The minimum Gasteiger partial charge on any atom is -0.381 e. The highest BCUT2D eigenvalue weighted by molar-refractivity contribution is 9.10. The number of nitrogens with zero attached hydrogens (tertiary/aromatic N) is 2. The number of aromatic amines is 1. The second-order valence-electron chi connectivity index (χ2n) is 6.51. The maximum atomic E-state index is 12.2. The standard InChI is InChI=1S/C17H18BrN3O2/c1-17(5-7-23-8-6-17)15-14-13(20-16(22)21(14)2)11-9-10(18)3-4-12(11)19-15/h3-4,9H,5-8H2,1-2H3,(H,20,22). The molecule has 0 atom stereocenters. The number of aryl methyl sites for hydroxylation is 1. The third-order valence-electron chi connectivity index (χ3n) is 4.96. The monoisotopic (exact) mass is 375 g/mol. The molecule has 0 amide bonds. The van der Waals surface area contributed by atoms with Gasteiger partial charge in [0.2, 0.25) is 0 Å². The average molecular weight is 376 g/mol. The molecular formula is C17H18BrN3O2. The van der Waals surface area contributed by atoms with Crippen LogP contribution < -0.4 is 5.69 Å². The molecule has 120 valence electrons. The lowest BCUT2D eigenvalue weighted by molar-refractivity contribution is 0.0555. The zero-order valence-electron chi connectivity index (χ0n) is 13.1. The highest BCUT2D eigenvalue weighted by Crippen LogP contribution is 2.38. The quantitative estimate of drug-likeness (QED) is 0.709. The Morgan fingerprint density at radius 1 is 1.35 bits per heavy atom. The van der Waals surface area contributed by atoms with Crippen LogP contribution in [0.2, 0.25) is 0 Å². The molecule has 1 fully saturated rings. The van der Waals surface area contributed by atoms with Gasteiger partial charge in [-0.2, -0.15) is 0 Å². The molecule has 6 heteroatoms. The molecule has 0 radical (unpaired) electrons. The Morgan fingerprint density at radius 2 is 2.09 bits per heavy atom. The summed E-state index contributed by atoms with van der Waals surface area (Å²) in [5.74, 6) is 0. The van der Waals surface area contributed by atoms with Gasteiger partial charge in [0.25, 0.3) is 0 Å². The van der Waals surface area contributed by atoms with E-state index < -0.39 is 0 Å². The van der Waals surface area contributed by atoms with Gasteiger partial charge >= 0.3 is 5.69 Å². The number of hydrogen-bond donors (Lipinski definition) is 1. The summed E-state index contributed by atoms with van der Waals surface area (Å²) in [6.45, 7) is 3.69. The van der Waals surface area contributed by atoms with E-state index in [4.69, 9.17) is 9.72 Å². The predicted molar refractivity (Wildman–Crippen MR) is 93.9 cm³/mol. The molecule has 1 aliphatic heterocycles. The van der Waals surface area contributed by atoms with E-state index in [1.807, 2.05) is 18.2 Å². The van der Waals surface area contributed by atoms with Gasteiger partial charge in [0.15, 0.2) is 0 Å². The number of rotatable bonds is 1. The highest BCUT2D eigenvalue weighted by Gasteiger charge is 2.34. The topological polar surface area (TPSA) is 59.9 Å². The van der Waals surface area contributed by atoms with Crippen LogP contribution >= 0.6 is 15.9 Å². The van der Waals surface area contributed by atoms with Crippen molar-refractivity contribution >= 4 is 37.9 Å². The second kappa shape index (κ2) is 5.18. The summed E-state index contributed by atoms with van der Waals surface area (Å²) in [5, 5.41) is 0.964. The predicted octanol–water partition coefficient (Wildman–Crippen LogP) is 3.25. The van der Waals surface area contributed by atoms with Crippen molar-refractivity contribution in [2.75, 3.05) is 13.2 Å². The molecule has 1 aromatic carbocycles. The van der Waals surface area contributed by atoms with Crippen molar-refractivity contribution in [2.24, 2.45) is 7.05 Å². The summed E-state index contributed by atoms with van der Waals surface area (Å²) in [7, 11) is 1.80. The molecule has 23 heavy (non-hydrogen) atoms. The molecule has 4 rings (SSSR count). The lowest BCUT2D eigenvalue weighted by atomic mass is 9.78. The number of hydrogen-bond acceptors (Lipinski definition) is 3. The normalized spacial score (nSPS) is 17.9. The zero-order valence-corrected chi connectivity index (χ0v) is 14.7. The lowest BCUT2D eigenvalue weighted by Gasteiger charge is -2.33. The maximum absolute atomic E-state index is 12.2. The minimum atomic E-state index is -0.105. The second-order valence-corrected chi connectivity index (χ2v) is 7.42. The van der Waals surface area contributed by atoms with Gasteiger partial charge in [-0.1, -0.05) is 22.9 Å². The van der Waals surface area contributed by atoms with Gasteiger partial charge in [0.1, 0.15) is 0 Å². The first-order valence-corrected chi connectivity index (χ1v) is 8.55. The molecule has 1 aliphatic rings. The Bertz CT molecular complexity index is 967. The number of imidazole rings is 1. The van der Waals surface area contributed by atoms with Gasteiger partial charge in [-0.3, -0.25) is 4.57 Å². The van der Waals surface area contributed by atoms with E-state index in [0.29, 0.717) is 0 Å². The van der Waals surface area contributed by atoms with Crippen LogP contribution in [0.25, 0.3) is 21.9 Å². The number of benzene rings is 1. The fraction of sp³-hybridized carbons (Fsp3) is 0.412. The third kappa shape index (κ3) is 2.23. The van der Waals surface area contributed by atoms with Crippen molar-refractivity contribution in [1.29, 1.82) is 0 Å². The van der Waals surface area contributed by atoms with Crippen molar-refractivity contribution < 1.29 is 4.74 Å². The van der Waals surface area contributed by atoms with Gasteiger partial charge < -0.3 is 9.72 Å². The Kier molecular flexibility index (Phi) is 3.35. The van der Waals surface area contributed by atoms with Crippen LogP contribution in [0, 0.1) is 0 Å². The van der Waals surface area contributed by atoms with Crippen molar-refractivity contribution in [1.82, 2.24) is 14.5 Å². The first-order chi connectivity index (χ1) is 11.0. The molecular weight excluding hydrogens is 358 g/mol. The van der Waals surface area contributed by atoms with Crippen molar-refractivity contribution in [2.45, 2.75) is 25.2 Å². The molecule has 0 unspecified atom stereocenters. The summed E-state index contributed by atoms with van der Waals surface area (Å²) in [5.41, 5.74) is 3.49. The van der Waals surface area contributed by atoms with Gasteiger partial charge in [-0.25, -0.2) is 9.78 Å². The van der Waals surface area contributed by atoms with Gasteiger partial charge in [-0.05, 0) is 31.0 Å².